The molecule has 0 aliphatic carbocycles. The van der Waals surface area contributed by atoms with E-state index in [0.717, 1.165) is 0 Å². The van der Waals surface area contributed by atoms with Crippen LogP contribution in [-0.2, 0) is 20.5 Å². The van der Waals surface area contributed by atoms with Crippen molar-refractivity contribution in [1.29, 1.82) is 0 Å². The molecule has 6 nitrogen and oxygen atoms in total. The molecule has 0 aliphatic heterocycles. The standard InChI is InChI=1S/C13H20N2O4S/c1-3-12(14)8-15-20(17,18)9-10-4-6-11(7-5-10)13(16)19-2/h4-7,12,15H,3,8-9,14H2,1-2H3. The van der Waals surface area contributed by atoms with Crippen molar-refractivity contribution in [2.75, 3.05) is 13.7 Å². The van der Waals surface area contributed by atoms with Crippen LogP contribution in [0, 0.1) is 0 Å². The van der Waals surface area contributed by atoms with Crippen molar-refractivity contribution in [3.63, 3.8) is 0 Å². The lowest BCUT2D eigenvalue weighted by Gasteiger charge is -2.11. The SMILES string of the molecule is CCC(N)CNS(=O)(=O)Cc1ccc(C(=O)OC)cc1. The number of ether oxygens (including phenoxy) is 1. The van der Waals surface area contributed by atoms with Gasteiger partial charge < -0.3 is 10.5 Å². The highest BCUT2D eigenvalue weighted by Gasteiger charge is 2.13. The minimum absolute atomic E-state index is 0.148. The highest BCUT2D eigenvalue weighted by atomic mass is 32.2. The smallest absolute Gasteiger partial charge is 0.337 e. The van der Waals surface area contributed by atoms with E-state index >= 15 is 0 Å². The summed E-state index contributed by atoms with van der Waals surface area (Å²) in [7, 11) is -2.13. The lowest BCUT2D eigenvalue weighted by Crippen LogP contribution is -2.37. The molecule has 0 heterocycles. The molecule has 1 aromatic carbocycles. The molecular formula is C13H20N2O4S. The monoisotopic (exact) mass is 300 g/mol. The molecule has 1 aromatic rings. The highest BCUT2D eigenvalue weighted by molar-refractivity contribution is 7.88. The molecule has 0 amide bonds. The van der Waals surface area contributed by atoms with E-state index in [4.69, 9.17) is 5.73 Å². The zero-order valence-electron chi connectivity index (χ0n) is 11.6. The first-order chi connectivity index (χ1) is 9.38. The number of rotatable bonds is 7. The van der Waals surface area contributed by atoms with Crippen LogP contribution >= 0.6 is 0 Å². The van der Waals surface area contributed by atoms with Crippen molar-refractivity contribution in [1.82, 2.24) is 4.72 Å². The summed E-state index contributed by atoms with van der Waals surface area (Å²) >= 11 is 0. The molecule has 20 heavy (non-hydrogen) atoms. The van der Waals surface area contributed by atoms with Crippen LogP contribution in [0.3, 0.4) is 0 Å². The largest absolute Gasteiger partial charge is 0.465 e. The molecule has 0 aromatic heterocycles. The fraction of sp³-hybridized carbons (Fsp3) is 0.462. The van der Waals surface area contributed by atoms with Crippen molar-refractivity contribution in [2.45, 2.75) is 25.1 Å². The topological polar surface area (TPSA) is 98.5 Å². The number of carbonyl (C=O) groups is 1. The summed E-state index contributed by atoms with van der Waals surface area (Å²) in [5, 5.41) is 0. The molecule has 1 rings (SSSR count). The van der Waals surface area contributed by atoms with Gasteiger partial charge in [0, 0.05) is 12.6 Å². The molecule has 112 valence electrons. The first-order valence-electron chi connectivity index (χ1n) is 6.28. The van der Waals surface area contributed by atoms with E-state index in [2.05, 4.69) is 9.46 Å². The maximum absolute atomic E-state index is 11.8. The number of benzene rings is 1. The van der Waals surface area contributed by atoms with E-state index < -0.39 is 16.0 Å². The van der Waals surface area contributed by atoms with Crippen LogP contribution in [0.2, 0.25) is 0 Å². The zero-order chi connectivity index (χ0) is 15.2. The molecule has 1 unspecified atom stereocenters. The fourth-order valence-electron chi connectivity index (χ4n) is 1.50. The predicted molar refractivity (Wildman–Crippen MR) is 76.7 cm³/mol. The third kappa shape index (κ3) is 5.28. The molecule has 0 saturated carbocycles. The number of methoxy groups -OCH3 is 1. The van der Waals surface area contributed by atoms with E-state index in [0.29, 0.717) is 17.5 Å². The molecule has 0 spiro atoms. The summed E-state index contributed by atoms with van der Waals surface area (Å²) in [6.07, 6.45) is 0.705. The summed E-state index contributed by atoms with van der Waals surface area (Å²) < 4.78 is 30.7. The summed E-state index contributed by atoms with van der Waals surface area (Å²) in [5.41, 5.74) is 6.64. The van der Waals surface area contributed by atoms with Crippen molar-refractivity contribution in [2.24, 2.45) is 5.73 Å². The first-order valence-corrected chi connectivity index (χ1v) is 7.93. The zero-order valence-corrected chi connectivity index (χ0v) is 12.4. The van der Waals surface area contributed by atoms with Crippen molar-refractivity contribution < 1.29 is 17.9 Å². The minimum Gasteiger partial charge on any atom is -0.465 e. The molecule has 3 N–H and O–H groups in total. The maximum Gasteiger partial charge on any atom is 0.337 e. The lowest BCUT2D eigenvalue weighted by atomic mass is 10.1. The molecule has 1 atom stereocenters. The van der Waals surface area contributed by atoms with Crippen LogP contribution in [0.1, 0.15) is 29.3 Å². The molecule has 0 aliphatic rings. The van der Waals surface area contributed by atoms with Gasteiger partial charge in [0.2, 0.25) is 10.0 Å². The summed E-state index contributed by atoms with van der Waals surface area (Å²) in [6, 6.07) is 6.06. The third-order valence-electron chi connectivity index (χ3n) is 2.82. The van der Waals surface area contributed by atoms with Gasteiger partial charge in [-0.2, -0.15) is 0 Å². The van der Waals surface area contributed by atoms with E-state index in [1.54, 1.807) is 12.1 Å². The highest BCUT2D eigenvalue weighted by Crippen LogP contribution is 2.08. The van der Waals surface area contributed by atoms with Gasteiger partial charge in [-0.3, -0.25) is 0 Å². The van der Waals surface area contributed by atoms with E-state index in [1.807, 2.05) is 6.92 Å². The molecule has 0 fully saturated rings. The van der Waals surface area contributed by atoms with Gasteiger partial charge in [-0.25, -0.2) is 17.9 Å². The Morgan fingerprint density at radius 3 is 2.45 bits per heavy atom. The quantitative estimate of drug-likeness (QED) is 0.720. The van der Waals surface area contributed by atoms with Gasteiger partial charge in [0.15, 0.2) is 0 Å². The number of hydrogen-bond acceptors (Lipinski definition) is 5. The number of carbonyl (C=O) groups excluding carboxylic acids is 1. The van der Waals surface area contributed by atoms with Gasteiger partial charge in [0.25, 0.3) is 0 Å². The van der Waals surface area contributed by atoms with Crippen LogP contribution in [0.25, 0.3) is 0 Å². The Morgan fingerprint density at radius 1 is 1.35 bits per heavy atom. The van der Waals surface area contributed by atoms with Crippen molar-refractivity contribution >= 4 is 16.0 Å². The number of sulfonamides is 1. The number of hydrogen-bond donors (Lipinski definition) is 2. The minimum atomic E-state index is -3.42. The van der Waals surface area contributed by atoms with Crippen molar-refractivity contribution in [3.05, 3.63) is 35.4 Å². The van der Waals surface area contributed by atoms with Crippen LogP contribution in [0.5, 0.6) is 0 Å². The Bertz CT molecular complexity index is 540. The molecule has 0 radical (unpaired) electrons. The lowest BCUT2D eigenvalue weighted by molar-refractivity contribution is 0.0600. The third-order valence-corrected chi connectivity index (χ3v) is 4.14. The first kappa shape index (κ1) is 16.6. The Morgan fingerprint density at radius 2 is 1.95 bits per heavy atom. The van der Waals surface area contributed by atoms with E-state index in [-0.39, 0.29) is 18.3 Å². The van der Waals surface area contributed by atoms with Gasteiger partial charge in [0.05, 0.1) is 18.4 Å². The van der Waals surface area contributed by atoms with Crippen LogP contribution in [0.4, 0.5) is 0 Å². The Balaban J connectivity index is 2.66. The molecule has 0 bridgehead atoms. The second-order valence-electron chi connectivity index (χ2n) is 4.46. The van der Waals surface area contributed by atoms with Gasteiger partial charge in [-0.15, -0.1) is 0 Å². The summed E-state index contributed by atoms with van der Waals surface area (Å²) in [4.78, 5) is 11.3. The van der Waals surface area contributed by atoms with Crippen LogP contribution in [-0.4, -0.2) is 34.1 Å². The average molecular weight is 300 g/mol. The van der Waals surface area contributed by atoms with Gasteiger partial charge in [-0.05, 0) is 24.1 Å². The van der Waals surface area contributed by atoms with Gasteiger partial charge in [0.1, 0.15) is 0 Å². The maximum atomic E-state index is 11.8. The molecule has 7 heteroatoms. The Hall–Kier alpha value is -1.44. The summed E-state index contributed by atoms with van der Waals surface area (Å²) in [6.45, 7) is 2.11. The number of nitrogens with two attached hydrogens (primary N) is 1. The fourth-order valence-corrected chi connectivity index (χ4v) is 2.71. The average Bonchev–Trinajstić information content (AvgIpc) is 2.44. The Labute approximate surface area is 119 Å². The van der Waals surface area contributed by atoms with E-state index in [9.17, 15) is 13.2 Å². The van der Waals surface area contributed by atoms with Crippen molar-refractivity contribution in [3.8, 4) is 0 Å². The van der Waals surface area contributed by atoms with E-state index in [1.165, 1.54) is 19.2 Å². The normalized spacial score (nSPS) is 12.9. The molecule has 0 saturated heterocycles. The predicted octanol–water partition coefficient (Wildman–Crippen LogP) is 0.630. The van der Waals surface area contributed by atoms with Gasteiger partial charge in [-0.1, -0.05) is 19.1 Å². The number of nitrogens with one attached hydrogen (secondary N) is 1. The van der Waals surface area contributed by atoms with Crippen LogP contribution in [0.15, 0.2) is 24.3 Å². The van der Waals surface area contributed by atoms with Crippen LogP contribution < -0.4 is 10.5 Å². The second-order valence-corrected chi connectivity index (χ2v) is 6.27. The summed E-state index contributed by atoms with van der Waals surface area (Å²) in [5.74, 6) is -0.600. The Kier molecular flexibility index (Phi) is 6.12. The number of esters is 1. The molecular weight excluding hydrogens is 280 g/mol. The second kappa shape index (κ2) is 7.37. The van der Waals surface area contributed by atoms with Gasteiger partial charge >= 0.3 is 5.97 Å².